The molecule has 1 aliphatic rings. The molecule has 1 amide bonds. The summed E-state index contributed by atoms with van der Waals surface area (Å²) in [5.74, 6) is 0.0958. The van der Waals surface area contributed by atoms with Crippen molar-refractivity contribution in [1.29, 1.82) is 0 Å². The molecule has 2 aromatic rings. The SMILES string of the molecule is C[C@H](NC(=O)CCc1ccc(C(=O)O)cc1)[C@H]1COc2ccccc21. The third-order valence-corrected chi connectivity index (χ3v) is 4.57. The molecule has 2 aromatic carbocycles. The molecule has 5 heteroatoms. The molecule has 0 aliphatic carbocycles. The number of carboxylic acid groups (broad SMARTS) is 1. The van der Waals surface area contributed by atoms with Gasteiger partial charge in [0.25, 0.3) is 0 Å². The van der Waals surface area contributed by atoms with Crippen molar-refractivity contribution >= 4 is 11.9 Å². The number of ether oxygens (including phenoxy) is 1. The Balaban J connectivity index is 1.52. The second-order valence-electron chi connectivity index (χ2n) is 6.31. The van der Waals surface area contributed by atoms with Crippen LogP contribution in [0.4, 0.5) is 0 Å². The summed E-state index contributed by atoms with van der Waals surface area (Å²) < 4.78 is 5.67. The monoisotopic (exact) mass is 339 g/mol. The van der Waals surface area contributed by atoms with E-state index in [2.05, 4.69) is 5.32 Å². The molecule has 1 aliphatic heterocycles. The zero-order chi connectivity index (χ0) is 17.8. The summed E-state index contributed by atoms with van der Waals surface area (Å²) in [4.78, 5) is 23.1. The van der Waals surface area contributed by atoms with Gasteiger partial charge in [0.1, 0.15) is 5.75 Å². The molecule has 1 heterocycles. The van der Waals surface area contributed by atoms with Gasteiger partial charge >= 0.3 is 5.97 Å². The Labute approximate surface area is 146 Å². The molecule has 25 heavy (non-hydrogen) atoms. The highest BCUT2D eigenvalue weighted by Crippen LogP contribution is 2.35. The minimum atomic E-state index is -0.947. The maximum atomic E-state index is 12.2. The van der Waals surface area contributed by atoms with E-state index in [0.717, 1.165) is 16.9 Å². The van der Waals surface area contributed by atoms with E-state index in [1.165, 1.54) is 0 Å². The highest BCUT2D eigenvalue weighted by molar-refractivity contribution is 5.87. The van der Waals surface area contributed by atoms with E-state index in [9.17, 15) is 9.59 Å². The van der Waals surface area contributed by atoms with Gasteiger partial charge in [0.2, 0.25) is 5.91 Å². The van der Waals surface area contributed by atoms with Gasteiger partial charge in [0.05, 0.1) is 12.2 Å². The van der Waals surface area contributed by atoms with Crippen LogP contribution in [0.3, 0.4) is 0 Å². The number of carboxylic acids is 1. The fourth-order valence-corrected chi connectivity index (χ4v) is 3.10. The topological polar surface area (TPSA) is 75.6 Å². The largest absolute Gasteiger partial charge is 0.493 e. The van der Waals surface area contributed by atoms with E-state index in [-0.39, 0.29) is 23.4 Å². The van der Waals surface area contributed by atoms with Crippen molar-refractivity contribution in [2.45, 2.75) is 31.7 Å². The van der Waals surface area contributed by atoms with E-state index in [1.807, 2.05) is 31.2 Å². The summed E-state index contributed by atoms with van der Waals surface area (Å²) in [6.07, 6.45) is 0.947. The number of aryl methyl sites for hydroxylation is 1. The molecule has 0 spiro atoms. The number of nitrogens with one attached hydrogen (secondary N) is 1. The zero-order valence-electron chi connectivity index (χ0n) is 14.1. The molecule has 130 valence electrons. The quantitative estimate of drug-likeness (QED) is 0.848. The maximum Gasteiger partial charge on any atom is 0.335 e. The first-order valence-corrected chi connectivity index (χ1v) is 8.38. The number of hydrogen-bond donors (Lipinski definition) is 2. The van der Waals surface area contributed by atoms with Crippen LogP contribution in [0, 0.1) is 0 Å². The van der Waals surface area contributed by atoms with E-state index >= 15 is 0 Å². The van der Waals surface area contributed by atoms with E-state index in [0.29, 0.717) is 19.4 Å². The number of rotatable bonds is 6. The lowest BCUT2D eigenvalue weighted by molar-refractivity contribution is -0.121. The lowest BCUT2D eigenvalue weighted by Crippen LogP contribution is -2.37. The Kier molecular flexibility index (Phi) is 5.03. The van der Waals surface area contributed by atoms with Gasteiger partial charge < -0.3 is 15.2 Å². The molecule has 0 bridgehead atoms. The number of amides is 1. The van der Waals surface area contributed by atoms with Gasteiger partial charge in [0, 0.05) is 23.9 Å². The zero-order valence-corrected chi connectivity index (χ0v) is 14.1. The Morgan fingerprint density at radius 3 is 2.64 bits per heavy atom. The Morgan fingerprint density at radius 1 is 1.20 bits per heavy atom. The summed E-state index contributed by atoms with van der Waals surface area (Å²) in [6.45, 7) is 2.58. The van der Waals surface area contributed by atoms with Crippen molar-refractivity contribution in [3.63, 3.8) is 0 Å². The number of aromatic carboxylic acids is 1. The standard InChI is InChI=1S/C20H21NO4/c1-13(17-12-25-18-5-3-2-4-16(17)18)21-19(22)11-8-14-6-9-15(10-7-14)20(23)24/h2-7,9-10,13,17H,8,11-12H2,1H3,(H,21,22)(H,23,24)/t13-,17+/m0/s1. The molecular weight excluding hydrogens is 318 g/mol. The summed E-state index contributed by atoms with van der Waals surface area (Å²) in [7, 11) is 0. The molecule has 0 fully saturated rings. The van der Waals surface area contributed by atoms with Gasteiger partial charge in [-0.1, -0.05) is 30.3 Å². The van der Waals surface area contributed by atoms with Gasteiger partial charge in [-0.25, -0.2) is 4.79 Å². The van der Waals surface area contributed by atoms with E-state index in [4.69, 9.17) is 9.84 Å². The van der Waals surface area contributed by atoms with Gasteiger partial charge in [-0.3, -0.25) is 4.79 Å². The Hall–Kier alpha value is -2.82. The first-order valence-electron chi connectivity index (χ1n) is 8.38. The van der Waals surface area contributed by atoms with Crippen LogP contribution in [0.15, 0.2) is 48.5 Å². The Bertz CT molecular complexity index is 770. The van der Waals surface area contributed by atoms with Crippen molar-refractivity contribution in [3.05, 3.63) is 65.2 Å². The minimum absolute atomic E-state index is 0.00876. The van der Waals surface area contributed by atoms with Crippen molar-refractivity contribution in [3.8, 4) is 5.75 Å². The van der Waals surface area contributed by atoms with E-state index < -0.39 is 5.97 Å². The smallest absolute Gasteiger partial charge is 0.335 e. The van der Waals surface area contributed by atoms with Gasteiger partial charge in [-0.15, -0.1) is 0 Å². The number of carbonyl (C=O) groups excluding carboxylic acids is 1. The fourth-order valence-electron chi connectivity index (χ4n) is 3.10. The van der Waals surface area contributed by atoms with Crippen LogP contribution in [0.1, 0.15) is 40.7 Å². The van der Waals surface area contributed by atoms with E-state index in [1.54, 1.807) is 24.3 Å². The van der Waals surface area contributed by atoms with Crippen LogP contribution in [-0.4, -0.2) is 29.6 Å². The number of para-hydroxylation sites is 1. The molecule has 2 atom stereocenters. The molecule has 3 rings (SSSR count). The molecule has 2 N–H and O–H groups in total. The first-order chi connectivity index (χ1) is 12.0. The van der Waals surface area contributed by atoms with Crippen molar-refractivity contribution in [2.24, 2.45) is 0 Å². The van der Waals surface area contributed by atoms with Gasteiger partial charge in [-0.2, -0.15) is 0 Å². The number of carbonyl (C=O) groups is 2. The number of hydrogen-bond acceptors (Lipinski definition) is 3. The lowest BCUT2D eigenvalue weighted by atomic mass is 9.94. The number of fused-ring (bicyclic) bond motifs is 1. The lowest BCUT2D eigenvalue weighted by Gasteiger charge is -2.20. The number of benzene rings is 2. The highest BCUT2D eigenvalue weighted by Gasteiger charge is 2.29. The second kappa shape index (κ2) is 7.38. The van der Waals surface area contributed by atoms with Crippen LogP contribution in [-0.2, 0) is 11.2 Å². The van der Waals surface area contributed by atoms with Crippen molar-refractivity contribution in [1.82, 2.24) is 5.32 Å². The maximum absolute atomic E-state index is 12.2. The van der Waals surface area contributed by atoms with Crippen LogP contribution >= 0.6 is 0 Å². The third-order valence-electron chi connectivity index (χ3n) is 4.57. The van der Waals surface area contributed by atoms with Gasteiger partial charge in [-0.05, 0) is 37.1 Å². The van der Waals surface area contributed by atoms with Gasteiger partial charge in [0.15, 0.2) is 0 Å². The highest BCUT2D eigenvalue weighted by atomic mass is 16.5. The summed E-state index contributed by atoms with van der Waals surface area (Å²) in [5, 5.41) is 11.9. The molecule has 0 unspecified atom stereocenters. The van der Waals surface area contributed by atoms with Crippen LogP contribution in [0.25, 0.3) is 0 Å². The predicted octanol–water partition coefficient (Wildman–Crippen LogP) is 3.00. The normalized spacial score (nSPS) is 16.6. The van der Waals surface area contributed by atoms with Crippen molar-refractivity contribution < 1.29 is 19.4 Å². The second-order valence-corrected chi connectivity index (χ2v) is 6.31. The predicted molar refractivity (Wildman–Crippen MR) is 94.0 cm³/mol. The molecule has 0 saturated carbocycles. The fraction of sp³-hybridized carbons (Fsp3) is 0.300. The molecule has 5 nitrogen and oxygen atoms in total. The average Bonchev–Trinajstić information content (AvgIpc) is 3.04. The molecular formula is C20H21NO4. The first kappa shape index (κ1) is 17.0. The summed E-state index contributed by atoms with van der Waals surface area (Å²) >= 11 is 0. The Morgan fingerprint density at radius 2 is 1.92 bits per heavy atom. The van der Waals surface area contributed by atoms with Crippen LogP contribution < -0.4 is 10.1 Å². The molecule has 0 radical (unpaired) electrons. The summed E-state index contributed by atoms with van der Waals surface area (Å²) in [5.41, 5.74) is 2.34. The average molecular weight is 339 g/mol. The molecule has 0 aromatic heterocycles. The third kappa shape index (κ3) is 3.99. The molecule has 0 saturated heterocycles. The van der Waals surface area contributed by atoms with Crippen molar-refractivity contribution in [2.75, 3.05) is 6.61 Å². The van der Waals surface area contributed by atoms with Crippen LogP contribution in [0.2, 0.25) is 0 Å². The minimum Gasteiger partial charge on any atom is -0.493 e. The summed E-state index contributed by atoms with van der Waals surface area (Å²) in [6, 6.07) is 14.5. The van der Waals surface area contributed by atoms with Crippen LogP contribution in [0.5, 0.6) is 5.75 Å².